The lowest BCUT2D eigenvalue weighted by atomic mass is 10.4. The van der Waals surface area contributed by atoms with Gasteiger partial charge in [0.2, 0.25) is 10.0 Å². The van der Waals surface area contributed by atoms with E-state index in [1.54, 1.807) is 0 Å². The van der Waals surface area contributed by atoms with Crippen LogP contribution in [0, 0.1) is 0 Å². The summed E-state index contributed by atoms with van der Waals surface area (Å²) in [7, 11) is -4.03. The first-order valence-electron chi connectivity index (χ1n) is 5.59. The third kappa shape index (κ3) is 3.51. The second-order valence-corrected chi connectivity index (χ2v) is 5.96. The lowest BCUT2D eigenvalue weighted by Gasteiger charge is -2.08. The number of rotatable bonds is 5. The molecule has 0 unspecified atom stereocenters. The van der Waals surface area contributed by atoms with Crippen LogP contribution in [-0.4, -0.2) is 31.4 Å². The molecule has 0 radical (unpaired) electrons. The van der Waals surface area contributed by atoms with Crippen molar-refractivity contribution in [2.24, 2.45) is 5.14 Å². The van der Waals surface area contributed by atoms with Crippen molar-refractivity contribution in [2.45, 2.75) is 36.7 Å². The number of aromatic nitrogens is 1. The zero-order valence-corrected chi connectivity index (χ0v) is 10.7. The van der Waals surface area contributed by atoms with Crippen LogP contribution in [0.1, 0.15) is 23.3 Å². The first kappa shape index (κ1) is 13.9. The van der Waals surface area contributed by atoms with Gasteiger partial charge < -0.3 is 9.88 Å². The molecular weight excluding hydrogens is 280 g/mol. The molecule has 2 rings (SSSR count). The summed E-state index contributed by atoms with van der Waals surface area (Å²) in [5.74, 6) is -0.571. The Bertz CT molecular complexity index is 593. The highest BCUT2D eigenvalue weighted by Gasteiger charge is 2.27. The molecule has 0 aromatic carbocycles. The molecule has 1 amide bonds. The van der Waals surface area contributed by atoms with Gasteiger partial charge in [-0.1, -0.05) is 0 Å². The minimum absolute atomic E-state index is 0.0420. The Morgan fingerprint density at radius 1 is 1.53 bits per heavy atom. The molecule has 1 fully saturated rings. The van der Waals surface area contributed by atoms with Crippen LogP contribution in [0.15, 0.2) is 17.2 Å². The van der Waals surface area contributed by atoms with Crippen LogP contribution in [-0.2, 0) is 16.6 Å². The summed E-state index contributed by atoms with van der Waals surface area (Å²) in [4.78, 5) is 11.5. The maximum absolute atomic E-state index is 12.4. The van der Waals surface area contributed by atoms with Gasteiger partial charge in [-0.2, -0.15) is 0 Å². The Balaban J connectivity index is 2.32. The fourth-order valence-corrected chi connectivity index (χ4v) is 2.17. The molecular formula is C10H13F2N3O3S. The van der Waals surface area contributed by atoms with Crippen molar-refractivity contribution in [3.05, 3.63) is 18.0 Å². The molecule has 1 aromatic heterocycles. The van der Waals surface area contributed by atoms with E-state index in [0.717, 1.165) is 29.7 Å². The van der Waals surface area contributed by atoms with E-state index in [2.05, 4.69) is 5.32 Å². The summed E-state index contributed by atoms with van der Waals surface area (Å²) in [6.45, 7) is -0.761. The molecule has 1 heterocycles. The summed E-state index contributed by atoms with van der Waals surface area (Å²) in [6, 6.07) is 1.05. The Labute approximate surface area is 108 Å². The molecule has 106 valence electrons. The molecule has 3 N–H and O–H groups in total. The lowest BCUT2D eigenvalue weighted by molar-refractivity contribution is 0.0928. The van der Waals surface area contributed by atoms with Crippen LogP contribution in [0.4, 0.5) is 8.78 Å². The van der Waals surface area contributed by atoms with E-state index in [4.69, 9.17) is 5.14 Å². The van der Waals surface area contributed by atoms with Gasteiger partial charge in [-0.25, -0.2) is 22.3 Å². The maximum Gasteiger partial charge on any atom is 0.268 e. The van der Waals surface area contributed by atoms with Crippen molar-refractivity contribution < 1.29 is 22.0 Å². The van der Waals surface area contributed by atoms with Crippen molar-refractivity contribution >= 4 is 15.9 Å². The standard InChI is InChI=1S/C10H13F2N3O3S/c11-9(12)5-15-4-7(19(13,17)18)3-8(15)10(16)14-6-1-2-6/h3-4,6,9H,1-2,5H2,(H,14,16)(H2,13,17,18). The zero-order chi connectivity index (χ0) is 14.2. The monoisotopic (exact) mass is 293 g/mol. The summed E-state index contributed by atoms with van der Waals surface area (Å²) in [5, 5.41) is 7.53. The van der Waals surface area contributed by atoms with Gasteiger partial charge in [-0.3, -0.25) is 4.79 Å². The highest BCUT2D eigenvalue weighted by Crippen LogP contribution is 2.21. The predicted molar refractivity (Wildman–Crippen MR) is 62.3 cm³/mol. The van der Waals surface area contributed by atoms with E-state index in [-0.39, 0.29) is 16.6 Å². The number of carbonyl (C=O) groups is 1. The summed E-state index contributed by atoms with van der Waals surface area (Å²) < 4.78 is 48.1. The second-order valence-electron chi connectivity index (χ2n) is 4.40. The second kappa shape index (κ2) is 4.89. The minimum atomic E-state index is -4.03. The number of hydrogen-bond acceptors (Lipinski definition) is 3. The highest BCUT2D eigenvalue weighted by molar-refractivity contribution is 7.89. The van der Waals surface area contributed by atoms with Gasteiger partial charge in [0.1, 0.15) is 10.6 Å². The Morgan fingerprint density at radius 3 is 2.63 bits per heavy atom. The van der Waals surface area contributed by atoms with Crippen LogP contribution in [0.3, 0.4) is 0 Å². The van der Waals surface area contributed by atoms with Crippen molar-refractivity contribution in [3.8, 4) is 0 Å². The molecule has 1 aliphatic carbocycles. The molecule has 0 atom stereocenters. The molecule has 0 bridgehead atoms. The first-order valence-corrected chi connectivity index (χ1v) is 7.14. The van der Waals surface area contributed by atoms with E-state index in [1.165, 1.54) is 0 Å². The number of nitrogens with one attached hydrogen (secondary N) is 1. The van der Waals surface area contributed by atoms with Gasteiger partial charge in [-0.15, -0.1) is 0 Å². The smallest absolute Gasteiger partial charge is 0.268 e. The van der Waals surface area contributed by atoms with Gasteiger partial charge in [0, 0.05) is 12.2 Å². The Hall–Kier alpha value is -1.48. The van der Waals surface area contributed by atoms with Crippen LogP contribution in [0.25, 0.3) is 0 Å². The van der Waals surface area contributed by atoms with Crippen LogP contribution in [0.2, 0.25) is 0 Å². The number of halogens is 2. The van der Waals surface area contributed by atoms with E-state index >= 15 is 0 Å². The van der Waals surface area contributed by atoms with E-state index in [1.807, 2.05) is 0 Å². The normalized spacial score (nSPS) is 15.8. The fraction of sp³-hybridized carbons (Fsp3) is 0.500. The lowest BCUT2D eigenvalue weighted by Crippen LogP contribution is -2.28. The largest absolute Gasteiger partial charge is 0.348 e. The van der Waals surface area contributed by atoms with Gasteiger partial charge in [0.15, 0.2) is 0 Å². The van der Waals surface area contributed by atoms with Gasteiger partial charge in [-0.05, 0) is 18.9 Å². The van der Waals surface area contributed by atoms with Crippen molar-refractivity contribution in [1.29, 1.82) is 0 Å². The van der Waals surface area contributed by atoms with Crippen LogP contribution >= 0.6 is 0 Å². The number of sulfonamides is 1. The number of primary sulfonamides is 1. The Morgan fingerprint density at radius 2 is 2.16 bits per heavy atom. The fourth-order valence-electron chi connectivity index (χ4n) is 1.62. The maximum atomic E-state index is 12.4. The number of nitrogens with two attached hydrogens (primary N) is 1. The topological polar surface area (TPSA) is 94.2 Å². The summed E-state index contributed by atoms with van der Waals surface area (Å²) in [5.41, 5.74) is -0.128. The van der Waals surface area contributed by atoms with Crippen molar-refractivity contribution in [3.63, 3.8) is 0 Å². The molecule has 19 heavy (non-hydrogen) atoms. The van der Waals surface area contributed by atoms with Gasteiger partial charge in [0.25, 0.3) is 12.3 Å². The first-order chi connectivity index (χ1) is 8.77. The van der Waals surface area contributed by atoms with Crippen LogP contribution < -0.4 is 10.5 Å². The van der Waals surface area contributed by atoms with Crippen LogP contribution in [0.5, 0.6) is 0 Å². The van der Waals surface area contributed by atoms with E-state index < -0.39 is 28.9 Å². The molecule has 0 aliphatic heterocycles. The number of amides is 1. The van der Waals surface area contributed by atoms with Crippen molar-refractivity contribution in [2.75, 3.05) is 0 Å². The number of nitrogens with zero attached hydrogens (tertiary/aromatic N) is 1. The quantitative estimate of drug-likeness (QED) is 0.817. The highest BCUT2D eigenvalue weighted by atomic mass is 32.2. The number of hydrogen-bond donors (Lipinski definition) is 2. The third-order valence-electron chi connectivity index (χ3n) is 2.68. The average Bonchev–Trinajstić information content (AvgIpc) is 2.94. The Kier molecular flexibility index (Phi) is 3.59. The van der Waals surface area contributed by atoms with Gasteiger partial charge in [0.05, 0.1) is 6.54 Å². The van der Waals surface area contributed by atoms with Gasteiger partial charge >= 0.3 is 0 Å². The molecule has 6 nitrogen and oxygen atoms in total. The molecule has 1 aromatic rings. The SMILES string of the molecule is NS(=O)(=O)c1cc(C(=O)NC2CC2)n(CC(F)F)c1. The molecule has 1 aliphatic rings. The van der Waals surface area contributed by atoms with E-state index in [9.17, 15) is 22.0 Å². The summed E-state index contributed by atoms with van der Waals surface area (Å²) in [6.07, 6.45) is -0.0797. The number of alkyl halides is 2. The molecule has 1 saturated carbocycles. The average molecular weight is 293 g/mol. The molecule has 0 saturated heterocycles. The van der Waals surface area contributed by atoms with E-state index in [0.29, 0.717) is 0 Å². The number of carbonyl (C=O) groups excluding carboxylic acids is 1. The third-order valence-corrected chi connectivity index (χ3v) is 3.56. The zero-order valence-electron chi connectivity index (χ0n) is 9.84. The summed E-state index contributed by atoms with van der Waals surface area (Å²) >= 11 is 0. The molecule has 0 spiro atoms. The predicted octanol–water partition coefficient (Wildman–Crippen LogP) is 0.293. The molecule has 9 heteroatoms. The minimum Gasteiger partial charge on any atom is -0.348 e. The van der Waals surface area contributed by atoms with Crippen molar-refractivity contribution in [1.82, 2.24) is 9.88 Å².